The van der Waals surface area contributed by atoms with Gasteiger partial charge in [0.1, 0.15) is 5.75 Å². The largest absolute Gasteiger partial charge is 0.423 e. The maximum absolute atomic E-state index is 12.3. The van der Waals surface area contributed by atoms with Crippen molar-refractivity contribution >= 4 is 16.0 Å². The second kappa shape index (κ2) is 7.80. The molecule has 1 atom stereocenters. The second-order valence-corrected chi connectivity index (χ2v) is 8.23. The number of hydrogen-bond acceptors (Lipinski definition) is 4. The summed E-state index contributed by atoms with van der Waals surface area (Å²) in [5, 5.41) is 0. The molecule has 0 saturated carbocycles. The molecule has 0 aromatic heterocycles. The fourth-order valence-electron chi connectivity index (χ4n) is 2.26. The number of hydrogen-bond donors (Lipinski definition) is 0. The van der Waals surface area contributed by atoms with Gasteiger partial charge < -0.3 is 4.74 Å². The van der Waals surface area contributed by atoms with Crippen molar-refractivity contribution in [1.29, 1.82) is 0 Å². The van der Waals surface area contributed by atoms with Crippen molar-refractivity contribution in [2.24, 2.45) is 0 Å². The van der Waals surface area contributed by atoms with Crippen LogP contribution in [0.1, 0.15) is 42.1 Å². The van der Waals surface area contributed by atoms with Crippen molar-refractivity contribution in [2.45, 2.75) is 31.1 Å². The van der Waals surface area contributed by atoms with E-state index in [4.69, 9.17) is 4.74 Å². The summed E-state index contributed by atoms with van der Waals surface area (Å²) in [6.07, 6.45) is 1.03. The molecule has 5 nitrogen and oxygen atoms in total. The highest BCUT2D eigenvalue weighted by Crippen LogP contribution is 2.22. The van der Waals surface area contributed by atoms with Crippen molar-refractivity contribution < 1.29 is 17.9 Å². The van der Waals surface area contributed by atoms with E-state index in [1.54, 1.807) is 12.1 Å². The summed E-state index contributed by atoms with van der Waals surface area (Å²) in [6.45, 7) is 4.26. The molecule has 0 aliphatic heterocycles. The summed E-state index contributed by atoms with van der Waals surface area (Å²) < 4.78 is 30.8. The predicted molar refractivity (Wildman–Crippen MR) is 97.4 cm³/mol. The molecule has 2 aromatic carbocycles. The Morgan fingerprint density at radius 1 is 1.12 bits per heavy atom. The summed E-state index contributed by atoms with van der Waals surface area (Å²) >= 11 is 0. The minimum absolute atomic E-state index is 0.0547. The highest BCUT2D eigenvalue weighted by Gasteiger charge is 2.19. The molecule has 0 fully saturated rings. The quantitative estimate of drug-likeness (QED) is 0.582. The summed E-state index contributed by atoms with van der Waals surface area (Å²) in [4.78, 5) is 12.4. The van der Waals surface area contributed by atoms with Gasteiger partial charge in [-0.2, -0.15) is 0 Å². The van der Waals surface area contributed by atoms with Crippen molar-refractivity contribution in [3.63, 3.8) is 0 Å². The first-order valence-electron chi connectivity index (χ1n) is 8.10. The van der Waals surface area contributed by atoms with E-state index in [9.17, 15) is 13.2 Å². The van der Waals surface area contributed by atoms with Gasteiger partial charge in [-0.25, -0.2) is 17.5 Å². The molecular weight excluding hydrogens is 338 g/mol. The van der Waals surface area contributed by atoms with E-state index in [-0.39, 0.29) is 10.5 Å². The lowest BCUT2D eigenvalue weighted by Crippen LogP contribution is -2.22. The molecular formula is C19H23NO4S. The van der Waals surface area contributed by atoms with Crippen LogP contribution in [0.15, 0.2) is 53.4 Å². The standard InChI is InChI=1S/C19H23NO4S/c1-5-14(2)15-9-11-17(12-10-15)24-19(21)16-7-6-8-18(13-16)25(22,23)20(3)4/h6-14H,5H2,1-4H3/t14-/m0/s1. The smallest absolute Gasteiger partial charge is 0.343 e. The zero-order valence-corrected chi connectivity index (χ0v) is 15.7. The molecule has 0 aliphatic carbocycles. The van der Waals surface area contributed by atoms with E-state index in [2.05, 4.69) is 13.8 Å². The second-order valence-electron chi connectivity index (χ2n) is 6.08. The Balaban J connectivity index is 2.19. The van der Waals surface area contributed by atoms with Gasteiger partial charge in [0.2, 0.25) is 10.0 Å². The highest BCUT2D eigenvalue weighted by atomic mass is 32.2. The van der Waals surface area contributed by atoms with Gasteiger partial charge in [0.15, 0.2) is 0 Å². The summed E-state index contributed by atoms with van der Waals surface area (Å²) in [6, 6.07) is 13.2. The van der Waals surface area contributed by atoms with Gasteiger partial charge in [0, 0.05) is 14.1 Å². The van der Waals surface area contributed by atoms with Crippen molar-refractivity contribution in [2.75, 3.05) is 14.1 Å². The first-order valence-corrected chi connectivity index (χ1v) is 9.54. The molecule has 0 saturated heterocycles. The molecule has 6 heteroatoms. The van der Waals surface area contributed by atoms with Crippen LogP contribution in [0.5, 0.6) is 5.75 Å². The van der Waals surface area contributed by atoms with Crippen LogP contribution in [0.3, 0.4) is 0 Å². The molecule has 2 rings (SSSR count). The first kappa shape index (κ1) is 19.1. The maximum atomic E-state index is 12.3. The number of sulfonamides is 1. The average molecular weight is 361 g/mol. The normalized spacial score (nSPS) is 12.8. The van der Waals surface area contributed by atoms with Gasteiger partial charge >= 0.3 is 5.97 Å². The van der Waals surface area contributed by atoms with Crippen LogP contribution in [0.2, 0.25) is 0 Å². The topological polar surface area (TPSA) is 63.7 Å². The van der Waals surface area contributed by atoms with Gasteiger partial charge in [-0.15, -0.1) is 0 Å². The van der Waals surface area contributed by atoms with Crippen LogP contribution >= 0.6 is 0 Å². The van der Waals surface area contributed by atoms with Crippen LogP contribution in [-0.4, -0.2) is 32.8 Å². The van der Waals surface area contributed by atoms with Crippen LogP contribution < -0.4 is 4.74 Å². The molecule has 0 unspecified atom stereocenters. The summed E-state index contributed by atoms with van der Waals surface area (Å²) in [5.74, 6) is 0.280. The minimum Gasteiger partial charge on any atom is -0.423 e. The Morgan fingerprint density at radius 3 is 2.32 bits per heavy atom. The minimum atomic E-state index is -3.60. The van der Waals surface area contributed by atoms with E-state index in [0.29, 0.717) is 11.7 Å². The summed E-state index contributed by atoms with van der Waals surface area (Å²) in [7, 11) is -0.711. The monoisotopic (exact) mass is 361 g/mol. The van der Waals surface area contributed by atoms with Gasteiger partial charge in [-0.3, -0.25) is 0 Å². The molecule has 0 aliphatic rings. The Morgan fingerprint density at radius 2 is 1.76 bits per heavy atom. The average Bonchev–Trinajstić information content (AvgIpc) is 2.61. The fraction of sp³-hybridized carbons (Fsp3) is 0.316. The van der Waals surface area contributed by atoms with Crippen LogP contribution in [0, 0.1) is 0 Å². The van der Waals surface area contributed by atoms with Crippen molar-refractivity contribution in [1.82, 2.24) is 4.31 Å². The molecule has 0 bridgehead atoms. The van der Waals surface area contributed by atoms with Crippen LogP contribution in [-0.2, 0) is 10.0 Å². The molecule has 0 N–H and O–H groups in total. The first-order chi connectivity index (χ1) is 11.8. The third-order valence-corrected chi connectivity index (χ3v) is 5.93. The van der Waals surface area contributed by atoms with E-state index >= 15 is 0 Å². The van der Waals surface area contributed by atoms with E-state index in [1.165, 1.54) is 43.9 Å². The lowest BCUT2D eigenvalue weighted by Gasteiger charge is -2.12. The third-order valence-electron chi connectivity index (χ3n) is 4.12. The molecule has 134 valence electrons. The number of benzene rings is 2. The van der Waals surface area contributed by atoms with Crippen molar-refractivity contribution in [3.05, 3.63) is 59.7 Å². The lowest BCUT2D eigenvalue weighted by atomic mass is 9.99. The molecule has 0 amide bonds. The Hall–Kier alpha value is -2.18. The number of rotatable bonds is 6. The van der Waals surface area contributed by atoms with Gasteiger partial charge in [-0.1, -0.05) is 32.0 Å². The molecule has 0 spiro atoms. The van der Waals surface area contributed by atoms with E-state index < -0.39 is 16.0 Å². The zero-order valence-electron chi connectivity index (χ0n) is 14.9. The number of esters is 1. The number of carbonyl (C=O) groups excluding carboxylic acids is 1. The van der Waals surface area contributed by atoms with Gasteiger partial charge in [0.05, 0.1) is 10.5 Å². The van der Waals surface area contributed by atoms with Gasteiger partial charge in [-0.05, 0) is 48.2 Å². The predicted octanol–water partition coefficient (Wildman–Crippen LogP) is 3.67. The fourth-order valence-corrected chi connectivity index (χ4v) is 3.21. The molecule has 0 heterocycles. The van der Waals surface area contributed by atoms with Gasteiger partial charge in [0.25, 0.3) is 0 Å². The Bertz CT molecular complexity index is 842. The number of ether oxygens (including phenoxy) is 1. The lowest BCUT2D eigenvalue weighted by molar-refractivity contribution is 0.0734. The number of carbonyl (C=O) groups is 1. The Kier molecular flexibility index (Phi) is 5.98. The third kappa shape index (κ3) is 4.46. The van der Waals surface area contributed by atoms with Crippen LogP contribution in [0.4, 0.5) is 0 Å². The van der Waals surface area contributed by atoms with E-state index in [0.717, 1.165) is 10.7 Å². The Labute approximate surface area is 149 Å². The molecule has 2 aromatic rings. The molecule has 25 heavy (non-hydrogen) atoms. The SMILES string of the molecule is CC[C@H](C)c1ccc(OC(=O)c2cccc(S(=O)(=O)N(C)C)c2)cc1. The number of nitrogens with zero attached hydrogens (tertiary/aromatic N) is 1. The maximum Gasteiger partial charge on any atom is 0.343 e. The zero-order chi connectivity index (χ0) is 18.6. The highest BCUT2D eigenvalue weighted by molar-refractivity contribution is 7.89. The van der Waals surface area contributed by atoms with Crippen LogP contribution in [0.25, 0.3) is 0 Å². The van der Waals surface area contributed by atoms with Crippen molar-refractivity contribution in [3.8, 4) is 5.75 Å². The van der Waals surface area contributed by atoms with E-state index in [1.807, 2.05) is 12.1 Å². The molecule has 0 radical (unpaired) electrons. The summed E-state index contributed by atoms with van der Waals surface area (Å²) in [5.41, 5.74) is 1.37.